The Hall–Kier alpha value is -4.52. The number of hydrogen-bond donors (Lipinski definition) is 4. The zero-order valence-electron chi connectivity index (χ0n) is 37.9. The van der Waals surface area contributed by atoms with Gasteiger partial charge in [0.15, 0.2) is 6.10 Å². The van der Waals surface area contributed by atoms with Crippen LogP contribution >= 0.6 is 11.3 Å². The molecule has 1 aromatic heterocycles. The maximum absolute atomic E-state index is 14.7. The Labute approximate surface area is 367 Å². The number of rotatable bonds is 24. The number of amides is 3. The van der Waals surface area contributed by atoms with Crippen molar-refractivity contribution in [2.75, 3.05) is 25.5 Å². The Kier molecular flexibility index (Phi) is 20.2. The van der Waals surface area contributed by atoms with Gasteiger partial charge in [0, 0.05) is 42.9 Å². The topological polar surface area (TPSA) is 180 Å². The highest BCUT2D eigenvalue weighted by Crippen LogP contribution is 2.32. The summed E-state index contributed by atoms with van der Waals surface area (Å²) < 4.78 is 5.87. The minimum atomic E-state index is -1.13. The number of likely N-dealkylation sites (N-methyl/N-ethyl adjacent to an activating group) is 1. The fourth-order valence-corrected chi connectivity index (χ4v) is 8.26. The molecular weight excluding hydrogens is 797 g/mol. The summed E-state index contributed by atoms with van der Waals surface area (Å²) in [5.41, 5.74) is 0.825. The highest BCUT2D eigenvalue weighted by atomic mass is 32.1. The zero-order chi connectivity index (χ0) is 45.4. The fourth-order valence-electron chi connectivity index (χ4n) is 7.43. The Morgan fingerprint density at radius 1 is 1.08 bits per heavy atom. The number of piperidine rings is 1. The van der Waals surface area contributed by atoms with Crippen LogP contribution in [-0.2, 0) is 35.2 Å². The van der Waals surface area contributed by atoms with Crippen LogP contribution < -0.4 is 16.0 Å². The number of aliphatic carboxylic acids is 1. The molecule has 3 amide bonds. The van der Waals surface area contributed by atoms with E-state index in [9.17, 15) is 29.1 Å². The van der Waals surface area contributed by atoms with Gasteiger partial charge in [0.05, 0.1) is 24.1 Å². The first-order chi connectivity index (χ1) is 28.8. The molecule has 2 heterocycles. The van der Waals surface area contributed by atoms with E-state index < -0.39 is 53.4 Å². The van der Waals surface area contributed by atoms with Crippen molar-refractivity contribution in [3.63, 3.8) is 0 Å². The Balaban J connectivity index is 1.94. The van der Waals surface area contributed by atoms with E-state index in [1.165, 1.54) is 12.0 Å². The quantitative estimate of drug-likeness (QED) is 0.0369. The number of esters is 1. The van der Waals surface area contributed by atoms with Gasteiger partial charge in [-0.3, -0.25) is 33.7 Å². The molecule has 3 rings (SSSR count). The van der Waals surface area contributed by atoms with Gasteiger partial charge in [0.25, 0.3) is 11.8 Å². The SMILES string of the molecule is C#CCCCON(C(=O)[C@@H](NC(=O)[C@H]1CCCCN1C)[C@@H](C)CC)[C@H](C[C@@H](OC(C)=O)c1nc(C(=O)N[C@@H](Cc2ccc(NC(C)C)cc2)CC(C)(C)C(=O)O)cs1)C(C)C. The number of nitrogens with one attached hydrogen (secondary N) is 3. The summed E-state index contributed by atoms with van der Waals surface area (Å²) in [5, 5.41) is 22.7. The van der Waals surface area contributed by atoms with Crippen molar-refractivity contribution in [2.45, 2.75) is 156 Å². The van der Waals surface area contributed by atoms with Crippen LogP contribution in [-0.4, -0.2) is 100 Å². The lowest BCUT2D eigenvalue weighted by atomic mass is 9.84. The summed E-state index contributed by atoms with van der Waals surface area (Å²) in [7, 11) is 1.92. The average molecular weight is 867 g/mol. The van der Waals surface area contributed by atoms with Crippen LogP contribution in [0.5, 0.6) is 0 Å². The van der Waals surface area contributed by atoms with Crippen LogP contribution in [0.25, 0.3) is 0 Å². The molecule has 0 radical (unpaired) electrons. The van der Waals surface area contributed by atoms with Gasteiger partial charge in [-0.1, -0.05) is 52.7 Å². The second-order valence-electron chi connectivity index (χ2n) is 17.6. The number of carbonyl (C=O) groups is 5. The van der Waals surface area contributed by atoms with Gasteiger partial charge in [-0.05, 0) is 103 Å². The molecule has 0 unspecified atom stereocenters. The maximum Gasteiger partial charge on any atom is 0.309 e. The summed E-state index contributed by atoms with van der Waals surface area (Å²) >= 11 is 1.14. The van der Waals surface area contributed by atoms with Crippen molar-refractivity contribution < 1.29 is 38.7 Å². The Morgan fingerprint density at radius 2 is 1.77 bits per heavy atom. The number of likely N-dealkylation sites (tertiary alicyclic amines) is 1. The van der Waals surface area contributed by atoms with Crippen LogP contribution in [0.3, 0.4) is 0 Å². The zero-order valence-corrected chi connectivity index (χ0v) is 38.7. The molecule has 338 valence electrons. The first kappa shape index (κ1) is 50.8. The molecule has 1 saturated heterocycles. The van der Waals surface area contributed by atoms with E-state index in [1.807, 2.05) is 77.8 Å². The predicted molar refractivity (Wildman–Crippen MR) is 239 cm³/mol. The molecule has 1 aromatic carbocycles. The molecule has 0 bridgehead atoms. The molecule has 1 aliphatic rings. The number of hydrogen-bond acceptors (Lipinski definition) is 11. The van der Waals surface area contributed by atoms with E-state index in [2.05, 4.69) is 26.9 Å². The van der Waals surface area contributed by atoms with E-state index in [1.54, 1.807) is 19.2 Å². The highest BCUT2D eigenvalue weighted by molar-refractivity contribution is 7.09. The summed E-state index contributed by atoms with van der Waals surface area (Å²) in [5.74, 6) is -0.523. The van der Waals surface area contributed by atoms with Crippen molar-refractivity contribution in [1.82, 2.24) is 25.6 Å². The summed E-state index contributed by atoms with van der Waals surface area (Å²) in [4.78, 5) is 80.0. The first-order valence-corrected chi connectivity index (χ1v) is 22.6. The molecule has 0 aliphatic carbocycles. The van der Waals surface area contributed by atoms with Crippen LogP contribution in [0, 0.1) is 29.6 Å². The van der Waals surface area contributed by atoms with Gasteiger partial charge in [-0.15, -0.1) is 23.7 Å². The van der Waals surface area contributed by atoms with E-state index in [4.69, 9.17) is 16.0 Å². The molecule has 61 heavy (non-hydrogen) atoms. The van der Waals surface area contributed by atoms with E-state index in [-0.39, 0.29) is 55.0 Å². The number of anilines is 1. The van der Waals surface area contributed by atoms with Crippen molar-refractivity contribution in [2.24, 2.45) is 17.3 Å². The highest BCUT2D eigenvalue weighted by Gasteiger charge is 2.40. The number of benzene rings is 1. The Bertz CT molecular complexity index is 1790. The third-order valence-corrected chi connectivity index (χ3v) is 12.1. The molecule has 2 aromatic rings. The van der Waals surface area contributed by atoms with Crippen LogP contribution in [0.15, 0.2) is 29.6 Å². The summed E-state index contributed by atoms with van der Waals surface area (Å²) in [6, 6.07) is 5.62. The molecule has 14 nitrogen and oxygen atoms in total. The van der Waals surface area contributed by atoms with Crippen LogP contribution in [0.2, 0.25) is 0 Å². The third kappa shape index (κ3) is 15.7. The first-order valence-electron chi connectivity index (χ1n) is 21.7. The molecular formula is C46H70N6O8S. The monoisotopic (exact) mass is 866 g/mol. The minimum Gasteiger partial charge on any atom is -0.481 e. The number of ether oxygens (including phenoxy) is 1. The minimum absolute atomic E-state index is 0.0797. The van der Waals surface area contributed by atoms with E-state index in [0.29, 0.717) is 37.1 Å². The number of nitrogens with zero attached hydrogens (tertiary/aromatic N) is 3. The second-order valence-corrected chi connectivity index (χ2v) is 18.5. The number of terminal acetylenes is 1. The smallest absolute Gasteiger partial charge is 0.309 e. The number of aromatic nitrogens is 1. The van der Waals surface area contributed by atoms with Gasteiger partial charge in [-0.25, -0.2) is 10.0 Å². The van der Waals surface area contributed by atoms with Gasteiger partial charge < -0.3 is 25.8 Å². The van der Waals surface area contributed by atoms with E-state index in [0.717, 1.165) is 42.0 Å². The number of carboxylic acid groups (broad SMARTS) is 1. The second kappa shape index (κ2) is 24.2. The summed E-state index contributed by atoms with van der Waals surface area (Å²) in [6.07, 6.45) is 9.36. The molecule has 6 atom stereocenters. The molecule has 4 N–H and O–H groups in total. The Morgan fingerprint density at radius 3 is 2.34 bits per heavy atom. The van der Waals surface area contributed by atoms with Gasteiger partial charge >= 0.3 is 11.9 Å². The van der Waals surface area contributed by atoms with Gasteiger partial charge in [0.2, 0.25) is 5.91 Å². The fraction of sp³-hybridized carbons (Fsp3) is 0.652. The van der Waals surface area contributed by atoms with Crippen molar-refractivity contribution in [3.8, 4) is 12.3 Å². The number of carbonyl (C=O) groups excluding carboxylic acids is 4. The molecule has 1 aliphatic heterocycles. The number of thiazole rings is 1. The van der Waals surface area contributed by atoms with E-state index >= 15 is 0 Å². The lowest BCUT2D eigenvalue weighted by molar-refractivity contribution is -0.213. The molecule has 0 spiro atoms. The molecule has 1 fully saturated rings. The normalized spacial score (nSPS) is 17.1. The number of hydroxylamine groups is 2. The largest absolute Gasteiger partial charge is 0.481 e. The standard InChI is InChI=1S/C46H70N6O8S/c1-12-14-17-24-59-52(44(56)40(31(7)13-2)50-42(55)37-18-15-16-23-51(37)11)38(29(3)4)26-39(60-32(8)53)43-49-36(28-61-43)41(54)48-35(27-46(9,10)45(57)58)25-33-19-21-34(22-20-33)47-30(5)6/h1,19-22,28-31,35,37-40,47H,13-18,23-27H2,2-11H3,(H,48,54)(H,50,55)(H,57,58)/t31-,35-,37+,38+,39+,40-/m0/s1. The van der Waals surface area contributed by atoms with Crippen molar-refractivity contribution in [3.05, 3.63) is 45.9 Å². The van der Waals surface area contributed by atoms with Crippen LogP contribution in [0.4, 0.5) is 5.69 Å². The van der Waals surface area contributed by atoms with Gasteiger partial charge in [-0.2, -0.15) is 0 Å². The van der Waals surface area contributed by atoms with Crippen LogP contribution in [0.1, 0.15) is 141 Å². The lowest BCUT2D eigenvalue weighted by Gasteiger charge is -2.39. The molecule has 0 saturated carbocycles. The maximum atomic E-state index is 14.7. The predicted octanol–water partition coefficient (Wildman–Crippen LogP) is 7.01. The van der Waals surface area contributed by atoms with Gasteiger partial charge in [0.1, 0.15) is 16.7 Å². The molecule has 15 heteroatoms. The summed E-state index contributed by atoms with van der Waals surface area (Å²) in [6.45, 7) is 17.3. The van der Waals surface area contributed by atoms with Crippen molar-refractivity contribution >= 4 is 46.7 Å². The lowest BCUT2D eigenvalue weighted by Crippen LogP contribution is -2.58. The third-order valence-electron chi connectivity index (χ3n) is 11.2. The average Bonchev–Trinajstić information content (AvgIpc) is 3.69. The number of carboxylic acids is 1. The van der Waals surface area contributed by atoms with Crippen molar-refractivity contribution in [1.29, 1.82) is 0 Å². The number of unbranched alkanes of at least 4 members (excludes halogenated alkanes) is 1.